The minimum atomic E-state index is -4.92. The van der Waals surface area contributed by atoms with E-state index in [1.807, 2.05) is 0 Å². The van der Waals surface area contributed by atoms with Crippen LogP contribution in [0.3, 0.4) is 0 Å². The lowest BCUT2D eigenvalue weighted by Gasteiger charge is -2.13. The summed E-state index contributed by atoms with van der Waals surface area (Å²) in [5.41, 5.74) is 0. The summed E-state index contributed by atoms with van der Waals surface area (Å²) < 4.78 is 72.5. The first kappa shape index (κ1) is 14.3. The number of halogens is 5. The molecule has 1 aromatic carbocycles. The molecule has 0 aliphatic rings. The minimum Gasteiger partial charge on any atom is -0.494 e. The minimum absolute atomic E-state index is 0.0603. The summed E-state index contributed by atoms with van der Waals surface area (Å²) >= 11 is 0. The summed E-state index contributed by atoms with van der Waals surface area (Å²) in [6.07, 6.45) is -4.92. The molecule has 0 bridgehead atoms. The van der Waals surface area contributed by atoms with Crippen molar-refractivity contribution < 1.29 is 36.2 Å². The van der Waals surface area contributed by atoms with E-state index >= 15 is 0 Å². The van der Waals surface area contributed by atoms with E-state index in [0.717, 1.165) is 12.1 Å². The molecule has 1 aromatic rings. The zero-order chi connectivity index (χ0) is 13.8. The van der Waals surface area contributed by atoms with Crippen molar-refractivity contribution >= 4 is 0 Å². The first-order chi connectivity index (χ1) is 8.30. The molecule has 3 nitrogen and oxygen atoms in total. The Morgan fingerprint density at radius 1 is 1.06 bits per heavy atom. The molecular formula is C10H9F5O3. The summed E-state index contributed by atoms with van der Waals surface area (Å²) in [6.45, 7) is -1.41. The number of alkyl halides is 5. The average Bonchev–Trinajstić information content (AvgIpc) is 2.12. The van der Waals surface area contributed by atoms with Crippen molar-refractivity contribution in [1.82, 2.24) is 0 Å². The predicted octanol–water partition coefficient (Wildman–Crippen LogP) is 3.59. The van der Waals surface area contributed by atoms with Crippen LogP contribution in [0, 0.1) is 0 Å². The maximum absolute atomic E-state index is 12.0. The highest BCUT2D eigenvalue weighted by Crippen LogP contribution is 2.32. The van der Waals surface area contributed by atoms with Crippen LogP contribution < -0.4 is 14.2 Å². The van der Waals surface area contributed by atoms with Crippen LogP contribution in [0.5, 0.6) is 17.2 Å². The van der Waals surface area contributed by atoms with Gasteiger partial charge in [0.1, 0.15) is 17.2 Å². The van der Waals surface area contributed by atoms with Gasteiger partial charge in [-0.05, 0) is 6.92 Å². The van der Waals surface area contributed by atoms with Gasteiger partial charge in [0.25, 0.3) is 0 Å². The molecule has 18 heavy (non-hydrogen) atoms. The maximum atomic E-state index is 12.0. The maximum Gasteiger partial charge on any atom is 0.573 e. The van der Waals surface area contributed by atoms with Crippen molar-refractivity contribution in [3.63, 3.8) is 0 Å². The fraction of sp³-hybridized carbons (Fsp3) is 0.400. The van der Waals surface area contributed by atoms with E-state index in [1.165, 1.54) is 0 Å². The second-order valence-corrected chi connectivity index (χ2v) is 3.00. The molecular weight excluding hydrogens is 263 g/mol. The molecule has 1 rings (SSSR count). The van der Waals surface area contributed by atoms with Gasteiger partial charge in [-0.2, -0.15) is 8.78 Å². The molecule has 0 amide bonds. The van der Waals surface area contributed by atoms with Crippen molar-refractivity contribution in [2.24, 2.45) is 0 Å². The lowest BCUT2D eigenvalue weighted by Crippen LogP contribution is -2.17. The zero-order valence-corrected chi connectivity index (χ0v) is 9.13. The molecule has 0 saturated heterocycles. The Morgan fingerprint density at radius 3 is 2.11 bits per heavy atom. The van der Waals surface area contributed by atoms with E-state index in [4.69, 9.17) is 4.74 Å². The van der Waals surface area contributed by atoms with Gasteiger partial charge in [-0.15, -0.1) is 13.2 Å². The first-order valence-electron chi connectivity index (χ1n) is 4.78. The molecule has 0 saturated carbocycles. The molecule has 0 aromatic heterocycles. The van der Waals surface area contributed by atoms with Gasteiger partial charge in [-0.3, -0.25) is 0 Å². The third kappa shape index (κ3) is 5.07. The Hall–Kier alpha value is -1.73. The molecule has 0 spiro atoms. The van der Waals surface area contributed by atoms with Crippen LogP contribution in [0.4, 0.5) is 22.0 Å². The van der Waals surface area contributed by atoms with E-state index < -0.39 is 24.5 Å². The summed E-state index contributed by atoms with van der Waals surface area (Å²) in [4.78, 5) is 0. The molecule has 0 unspecified atom stereocenters. The largest absolute Gasteiger partial charge is 0.573 e. The van der Waals surface area contributed by atoms with Gasteiger partial charge in [-0.1, -0.05) is 0 Å². The predicted molar refractivity (Wildman–Crippen MR) is 50.9 cm³/mol. The van der Waals surface area contributed by atoms with Crippen molar-refractivity contribution in [3.8, 4) is 17.2 Å². The van der Waals surface area contributed by atoms with E-state index in [0.29, 0.717) is 6.07 Å². The molecule has 0 N–H and O–H groups in total. The fourth-order valence-corrected chi connectivity index (χ4v) is 1.16. The van der Waals surface area contributed by atoms with Crippen LogP contribution in [0.15, 0.2) is 18.2 Å². The van der Waals surface area contributed by atoms with Crippen molar-refractivity contribution in [2.75, 3.05) is 6.61 Å². The second kappa shape index (κ2) is 5.74. The highest BCUT2D eigenvalue weighted by Gasteiger charge is 2.31. The van der Waals surface area contributed by atoms with Gasteiger partial charge in [0.2, 0.25) is 0 Å². The van der Waals surface area contributed by atoms with E-state index in [-0.39, 0.29) is 12.4 Å². The van der Waals surface area contributed by atoms with Gasteiger partial charge in [0, 0.05) is 18.2 Å². The SMILES string of the molecule is CCOc1cc(OC(F)F)cc(OC(F)(F)F)c1. The number of hydrogen-bond acceptors (Lipinski definition) is 3. The normalized spacial score (nSPS) is 11.5. The van der Waals surface area contributed by atoms with E-state index in [9.17, 15) is 22.0 Å². The zero-order valence-electron chi connectivity index (χ0n) is 9.13. The number of hydrogen-bond donors (Lipinski definition) is 0. The molecule has 0 atom stereocenters. The van der Waals surface area contributed by atoms with Crippen LogP contribution >= 0.6 is 0 Å². The smallest absolute Gasteiger partial charge is 0.494 e. The average molecular weight is 272 g/mol. The fourth-order valence-electron chi connectivity index (χ4n) is 1.16. The second-order valence-electron chi connectivity index (χ2n) is 3.00. The van der Waals surface area contributed by atoms with Crippen molar-refractivity contribution in [1.29, 1.82) is 0 Å². The molecule has 0 radical (unpaired) electrons. The third-order valence-corrected chi connectivity index (χ3v) is 1.62. The van der Waals surface area contributed by atoms with Crippen molar-refractivity contribution in [3.05, 3.63) is 18.2 Å². The summed E-state index contributed by atoms with van der Waals surface area (Å²) in [5.74, 6) is -1.23. The Bertz CT molecular complexity index is 392. The Kier molecular flexibility index (Phi) is 4.57. The lowest BCUT2D eigenvalue weighted by atomic mass is 10.3. The first-order valence-corrected chi connectivity index (χ1v) is 4.78. The Morgan fingerprint density at radius 2 is 1.61 bits per heavy atom. The number of benzene rings is 1. The van der Waals surface area contributed by atoms with Crippen LogP contribution in [0.25, 0.3) is 0 Å². The summed E-state index contributed by atoms with van der Waals surface area (Å²) in [5, 5.41) is 0. The quantitative estimate of drug-likeness (QED) is 0.767. The molecule has 102 valence electrons. The lowest BCUT2D eigenvalue weighted by molar-refractivity contribution is -0.274. The topological polar surface area (TPSA) is 27.7 Å². The van der Waals surface area contributed by atoms with E-state index in [2.05, 4.69) is 9.47 Å². The van der Waals surface area contributed by atoms with Crippen LogP contribution in [0.2, 0.25) is 0 Å². The summed E-state index contributed by atoms with van der Waals surface area (Å²) in [6, 6.07) is 2.66. The highest BCUT2D eigenvalue weighted by atomic mass is 19.4. The van der Waals surface area contributed by atoms with Crippen LogP contribution in [-0.2, 0) is 0 Å². The Balaban J connectivity index is 2.97. The Labute approximate surface area is 99.1 Å². The monoisotopic (exact) mass is 272 g/mol. The molecule has 0 heterocycles. The van der Waals surface area contributed by atoms with Gasteiger partial charge in [0.15, 0.2) is 0 Å². The van der Waals surface area contributed by atoms with Gasteiger partial charge >= 0.3 is 13.0 Å². The molecule has 8 heteroatoms. The molecule has 0 aliphatic heterocycles. The van der Waals surface area contributed by atoms with Crippen molar-refractivity contribution in [2.45, 2.75) is 19.9 Å². The highest BCUT2D eigenvalue weighted by molar-refractivity contribution is 5.42. The van der Waals surface area contributed by atoms with Crippen LogP contribution in [-0.4, -0.2) is 19.6 Å². The van der Waals surface area contributed by atoms with Gasteiger partial charge in [-0.25, -0.2) is 0 Å². The van der Waals surface area contributed by atoms with Gasteiger partial charge < -0.3 is 14.2 Å². The standard InChI is InChI=1S/C10H9F5O3/c1-2-16-6-3-7(17-9(11)12)5-8(4-6)18-10(13,14)15/h3-5,9H,2H2,1H3. The summed E-state index contributed by atoms with van der Waals surface area (Å²) in [7, 11) is 0. The molecule has 0 fully saturated rings. The van der Waals surface area contributed by atoms with Gasteiger partial charge in [0.05, 0.1) is 6.61 Å². The molecule has 0 aliphatic carbocycles. The number of rotatable bonds is 5. The van der Waals surface area contributed by atoms with Crippen LogP contribution in [0.1, 0.15) is 6.92 Å². The number of ether oxygens (including phenoxy) is 3. The van der Waals surface area contributed by atoms with E-state index in [1.54, 1.807) is 6.92 Å². The third-order valence-electron chi connectivity index (χ3n) is 1.62.